The number of likely N-dealkylation sites (tertiary alicyclic amines) is 1. The van der Waals surface area contributed by atoms with Crippen molar-refractivity contribution in [2.24, 2.45) is 0 Å². The number of rotatable bonds is 9. The Morgan fingerprint density at radius 2 is 1.86 bits per heavy atom. The number of amides is 1. The Morgan fingerprint density at radius 1 is 1.19 bits per heavy atom. The van der Waals surface area contributed by atoms with E-state index in [4.69, 9.17) is 10.5 Å². The fraction of sp³-hybridized carbons (Fsp3) is 0.300. The van der Waals surface area contributed by atoms with Gasteiger partial charge in [0.25, 0.3) is 5.91 Å². The monoisotopic (exact) mass is 568 g/mol. The minimum atomic E-state index is -0.592. The van der Waals surface area contributed by atoms with Crippen LogP contribution in [0.1, 0.15) is 20.8 Å². The van der Waals surface area contributed by atoms with Crippen LogP contribution in [0.25, 0.3) is 16.9 Å². The van der Waals surface area contributed by atoms with E-state index in [0.29, 0.717) is 41.4 Å². The smallest absolute Gasteiger partial charge is 0.335 e. The van der Waals surface area contributed by atoms with Gasteiger partial charge in [0.2, 0.25) is 0 Å². The molecule has 0 spiro atoms. The Bertz CT molecular complexity index is 1730. The number of aromatic nitrogens is 4. The number of carbonyl (C=O) groups excluding carboxylic acids is 1. The van der Waals surface area contributed by atoms with Gasteiger partial charge in [-0.3, -0.25) is 18.8 Å². The van der Waals surface area contributed by atoms with Crippen molar-refractivity contribution in [3.05, 3.63) is 83.1 Å². The van der Waals surface area contributed by atoms with E-state index in [0.717, 1.165) is 0 Å². The normalized spacial score (nSPS) is 15.2. The Hall–Kier alpha value is -4.99. The Labute approximate surface area is 242 Å². The lowest BCUT2D eigenvalue weighted by atomic mass is 9.94. The van der Waals surface area contributed by atoms with E-state index < -0.39 is 29.3 Å². The molecule has 1 saturated heterocycles. The van der Waals surface area contributed by atoms with Crippen molar-refractivity contribution in [3.63, 3.8) is 0 Å². The molecule has 12 nitrogen and oxygen atoms in total. The fourth-order valence-electron chi connectivity index (χ4n) is 4.93. The predicted octanol–water partition coefficient (Wildman–Crippen LogP) is 2.37. The number of ether oxygens (including phenoxy) is 1. The number of aliphatic hydroxyl groups excluding tert-OH is 1. The van der Waals surface area contributed by atoms with Crippen molar-refractivity contribution in [1.82, 2.24) is 29.3 Å². The van der Waals surface area contributed by atoms with Crippen molar-refractivity contribution >= 4 is 22.9 Å². The quantitative estimate of drug-likeness (QED) is 0.203. The number of benzene rings is 2. The zero-order valence-corrected chi connectivity index (χ0v) is 23.6. The van der Waals surface area contributed by atoms with Crippen LogP contribution in [0, 0.1) is 11.3 Å². The molecule has 0 unspecified atom stereocenters. The number of carbonyl (C=O) groups is 1. The molecule has 1 aliphatic heterocycles. The van der Waals surface area contributed by atoms with Crippen molar-refractivity contribution < 1.29 is 14.6 Å². The van der Waals surface area contributed by atoms with Gasteiger partial charge in [-0.05, 0) is 63.2 Å². The number of nitrogen functional groups attached to an aromatic ring is 1. The number of nitrogens with zero attached hydrogens (tertiary/aromatic N) is 6. The molecule has 1 amide bonds. The summed E-state index contributed by atoms with van der Waals surface area (Å²) in [5.41, 5.74) is 6.34. The molecule has 42 heavy (non-hydrogen) atoms. The van der Waals surface area contributed by atoms with Gasteiger partial charge in [-0.2, -0.15) is 5.26 Å². The molecule has 2 aromatic carbocycles. The average Bonchev–Trinajstić information content (AvgIpc) is 3.22. The van der Waals surface area contributed by atoms with Gasteiger partial charge < -0.3 is 20.9 Å². The van der Waals surface area contributed by atoms with Crippen LogP contribution in [0.2, 0.25) is 0 Å². The highest BCUT2D eigenvalue weighted by atomic mass is 16.5. The predicted molar refractivity (Wildman–Crippen MR) is 157 cm³/mol. The summed E-state index contributed by atoms with van der Waals surface area (Å²) in [5.74, 6) is 0.853. The summed E-state index contributed by atoms with van der Waals surface area (Å²) < 4.78 is 8.72. The zero-order chi connectivity index (χ0) is 30.0. The number of para-hydroxylation sites is 1. The van der Waals surface area contributed by atoms with Crippen molar-refractivity contribution in [2.45, 2.75) is 45.0 Å². The topological polar surface area (TPSA) is 164 Å². The molecule has 1 fully saturated rings. The van der Waals surface area contributed by atoms with Crippen molar-refractivity contribution in [1.29, 1.82) is 5.26 Å². The molecule has 1 atom stereocenters. The lowest BCUT2D eigenvalue weighted by Gasteiger charge is -2.46. The van der Waals surface area contributed by atoms with Crippen LogP contribution in [0.15, 0.2) is 77.4 Å². The minimum Gasteiger partial charge on any atom is -0.457 e. The number of anilines is 1. The van der Waals surface area contributed by atoms with Crippen LogP contribution >= 0.6 is 0 Å². The molecule has 12 heteroatoms. The van der Waals surface area contributed by atoms with Gasteiger partial charge in [-0.25, -0.2) is 14.8 Å². The highest BCUT2D eigenvalue weighted by Crippen LogP contribution is 2.26. The number of nitrogens with one attached hydrogen (secondary N) is 1. The molecule has 0 bridgehead atoms. The minimum absolute atomic E-state index is 0.0487. The number of nitrogens with two attached hydrogens (primary N) is 1. The van der Waals surface area contributed by atoms with Gasteiger partial charge in [0.1, 0.15) is 35.0 Å². The first kappa shape index (κ1) is 28.5. The molecule has 4 N–H and O–H groups in total. The second-order valence-electron chi connectivity index (χ2n) is 10.8. The molecule has 1 aliphatic rings. The van der Waals surface area contributed by atoms with Crippen molar-refractivity contribution in [3.8, 4) is 23.3 Å². The molecular formula is C30H32N8O4. The number of hydrogen-bond acceptors (Lipinski definition) is 9. The third-order valence-electron chi connectivity index (χ3n) is 7.18. The summed E-state index contributed by atoms with van der Waals surface area (Å²) in [4.78, 5) is 37.1. The molecule has 0 saturated carbocycles. The van der Waals surface area contributed by atoms with Gasteiger partial charge in [0.05, 0.1) is 11.8 Å². The second kappa shape index (κ2) is 11.5. The van der Waals surface area contributed by atoms with Gasteiger partial charge >= 0.3 is 5.69 Å². The number of aliphatic hydroxyl groups is 1. The van der Waals surface area contributed by atoms with Crippen LogP contribution in [0.3, 0.4) is 0 Å². The number of β-amino-alcohol motifs (C(OH)–C–C–N with tert-alkyl or cyclic N) is 1. The maximum Gasteiger partial charge on any atom is 0.335 e. The van der Waals surface area contributed by atoms with E-state index in [1.807, 2.05) is 55.1 Å². The molecule has 0 aliphatic carbocycles. The Kier molecular flexibility index (Phi) is 7.80. The van der Waals surface area contributed by atoms with Crippen LogP contribution < -0.4 is 21.5 Å². The molecule has 2 aromatic heterocycles. The largest absolute Gasteiger partial charge is 0.457 e. The van der Waals surface area contributed by atoms with Gasteiger partial charge in [0, 0.05) is 31.2 Å². The van der Waals surface area contributed by atoms with Crippen LogP contribution in [0.5, 0.6) is 11.5 Å². The zero-order valence-electron chi connectivity index (χ0n) is 23.6. The SMILES string of the molecule is C[C@@H](Cn1c(=O)n(-c2ccc(Oc3ccccc3)cc2)c2c(N)ncnc21)NC(=O)C(C#N)=CC(C)(C)N1CC(O)C1. The second-order valence-corrected chi connectivity index (χ2v) is 10.8. The first-order valence-electron chi connectivity index (χ1n) is 13.5. The van der Waals surface area contributed by atoms with Crippen LogP contribution in [-0.2, 0) is 11.3 Å². The third-order valence-corrected chi connectivity index (χ3v) is 7.18. The number of fused-ring (bicyclic) bond motifs is 1. The summed E-state index contributed by atoms with van der Waals surface area (Å²) in [5, 5.41) is 22.1. The van der Waals surface area contributed by atoms with Crippen LogP contribution in [-0.4, -0.2) is 65.8 Å². The first-order valence-corrected chi connectivity index (χ1v) is 13.5. The number of nitriles is 1. The van der Waals surface area contributed by atoms with E-state index >= 15 is 0 Å². The van der Waals surface area contributed by atoms with Gasteiger partial charge in [-0.15, -0.1) is 0 Å². The summed E-state index contributed by atoms with van der Waals surface area (Å²) in [6.45, 7) is 6.51. The lowest BCUT2D eigenvalue weighted by Crippen LogP contribution is -2.59. The Morgan fingerprint density at radius 3 is 2.50 bits per heavy atom. The third kappa shape index (κ3) is 5.74. The Balaban J connectivity index is 1.39. The summed E-state index contributed by atoms with van der Waals surface area (Å²) in [7, 11) is 0. The maximum absolute atomic E-state index is 13.7. The average molecular weight is 569 g/mol. The van der Waals surface area contributed by atoms with Gasteiger partial charge in [0.15, 0.2) is 11.5 Å². The standard InChI is InChI=1S/C30H32N8O4/c1-19(35-28(40)20(14-31)13-30(2,3)36-16-22(39)17-36)15-37-27-25(26(32)33-18-34-27)38(29(37)41)21-9-11-24(12-10-21)42-23-7-5-4-6-8-23/h4-13,18-19,22,39H,15-17H2,1-3H3,(H,35,40)(H2,32,33,34)/t19-/m0/s1. The van der Waals surface area contributed by atoms with E-state index in [2.05, 4.69) is 15.3 Å². The first-order chi connectivity index (χ1) is 20.1. The number of hydrogen-bond donors (Lipinski definition) is 3. The van der Waals surface area contributed by atoms with E-state index in [1.165, 1.54) is 15.5 Å². The molecule has 3 heterocycles. The van der Waals surface area contributed by atoms with E-state index in [1.54, 1.807) is 37.3 Å². The van der Waals surface area contributed by atoms with Crippen molar-refractivity contribution in [2.75, 3.05) is 18.8 Å². The lowest BCUT2D eigenvalue weighted by molar-refractivity contribution is -0.117. The van der Waals surface area contributed by atoms with Crippen LogP contribution in [0.4, 0.5) is 5.82 Å². The molecular weight excluding hydrogens is 536 g/mol. The van der Waals surface area contributed by atoms with Gasteiger partial charge in [-0.1, -0.05) is 18.2 Å². The molecule has 4 aromatic rings. The molecule has 5 rings (SSSR count). The maximum atomic E-state index is 13.7. The molecule has 216 valence electrons. The summed E-state index contributed by atoms with van der Waals surface area (Å²) in [6, 6.07) is 17.8. The summed E-state index contributed by atoms with van der Waals surface area (Å²) >= 11 is 0. The summed E-state index contributed by atoms with van der Waals surface area (Å²) in [6.07, 6.45) is 2.47. The molecule has 0 radical (unpaired) electrons. The highest BCUT2D eigenvalue weighted by molar-refractivity contribution is 5.97. The number of imidazole rings is 1. The fourth-order valence-corrected chi connectivity index (χ4v) is 4.93. The highest BCUT2D eigenvalue weighted by Gasteiger charge is 2.36. The van der Waals surface area contributed by atoms with E-state index in [-0.39, 0.29) is 17.9 Å². The van der Waals surface area contributed by atoms with E-state index in [9.17, 15) is 20.0 Å².